The molecule has 4 rings (SSSR count). The van der Waals surface area contributed by atoms with Crippen molar-refractivity contribution in [2.45, 2.75) is 50.8 Å². The van der Waals surface area contributed by atoms with Gasteiger partial charge in [-0.25, -0.2) is 18.0 Å². The summed E-state index contributed by atoms with van der Waals surface area (Å²) < 4.78 is 27.0. The topological polar surface area (TPSA) is 95.6 Å². The lowest BCUT2D eigenvalue weighted by molar-refractivity contribution is 0.0926. The van der Waals surface area contributed by atoms with Crippen LogP contribution in [-0.4, -0.2) is 38.1 Å². The fraction of sp³-hybridized carbons (Fsp3) is 0.417. The fourth-order valence-corrected chi connectivity index (χ4v) is 5.25. The highest BCUT2D eigenvalue weighted by molar-refractivity contribution is 7.90. The van der Waals surface area contributed by atoms with Gasteiger partial charge in [0, 0.05) is 18.3 Å². The Kier molecular flexibility index (Phi) is 6.35. The highest BCUT2D eigenvalue weighted by Crippen LogP contribution is 2.31. The second-order valence-electron chi connectivity index (χ2n) is 8.85. The highest BCUT2D eigenvalue weighted by atomic mass is 32.2. The molecule has 0 aromatic heterocycles. The van der Waals surface area contributed by atoms with Gasteiger partial charge in [0.2, 0.25) is 10.0 Å². The maximum Gasteiger partial charge on any atom is 0.266 e. The van der Waals surface area contributed by atoms with E-state index in [0.29, 0.717) is 22.7 Å². The Morgan fingerprint density at radius 2 is 1.59 bits per heavy atom. The van der Waals surface area contributed by atoms with E-state index < -0.39 is 15.3 Å². The van der Waals surface area contributed by atoms with E-state index in [1.165, 1.54) is 4.90 Å². The zero-order valence-electron chi connectivity index (χ0n) is 18.4. The molecule has 2 aromatic carbocycles. The van der Waals surface area contributed by atoms with Crippen molar-refractivity contribution in [1.82, 2.24) is 4.72 Å². The van der Waals surface area contributed by atoms with E-state index in [4.69, 9.17) is 0 Å². The molecular weight excluding hydrogens is 426 g/mol. The molecule has 1 aliphatic carbocycles. The summed E-state index contributed by atoms with van der Waals surface area (Å²) in [7, 11) is -3.24. The van der Waals surface area contributed by atoms with Crippen LogP contribution in [0.1, 0.15) is 60.2 Å². The lowest BCUT2D eigenvalue weighted by Crippen LogP contribution is -2.41. The van der Waals surface area contributed by atoms with Gasteiger partial charge in [-0.3, -0.25) is 9.59 Å². The molecule has 170 valence electrons. The van der Waals surface area contributed by atoms with Crippen molar-refractivity contribution < 1.29 is 18.0 Å². The van der Waals surface area contributed by atoms with Crippen LogP contribution in [0.3, 0.4) is 0 Å². The zero-order chi connectivity index (χ0) is 22.9. The molecule has 2 N–H and O–H groups in total. The summed E-state index contributed by atoms with van der Waals surface area (Å²) in [5.41, 5.74) is 2.21. The number of nitrogens with one attached hydrogen (secondary N) is 2. The summed E-state index contributed by atoms with van der Waals surface area (Å²) in [4.78, 5) is 26.8. The Morgan fingerprint density at radius 1 is 0.938 bits per heavy atom. The second-order valence-corrected chi connectivity index (χ2v) is 11.1. The van der Waals surface area contributed by atoms with Gasteiger partial charge in [0.25, 0.3) is 11.8 Å². The molecule has 7 nitrogen and oxygen atoms in total. The predicted molar refractivity (Wildman–Crippen MR) is 125 cm³/mol. The average molecular weight is 456 g/mol. The Balaban J connectivity index is 1.35. The van der Waals surface area contributed by atoms with Crippen LogP contribution in [-0.2, 0) is 10.0 Å². The number of anilines is 2. The van der Waals surface area contributed by atoms with E-state index in [2.05, 4.69) is 10.0 Å². The Bertz CT molecular complexity index is 1110. The number of carbonyl (C=O) groups is 2. The molecule has 0 bridgehead atoms. The van der Waals surface area contributed by atoms with Crippen molar-refractivity contribution in [2.24, 2.45) is 5.92 Å². The number of hydrogen-bond acceptors (Lipinski definition) is 5. The third kappa shape index (κ3) is 4.56. The molecule has 0 spiro atoms. The van der Waals surface area contributed by atoms with Crippen molar-refractivity contribution in [3.05, 3.63) is 59.7 Å². The molecule has 0 saturated heterocycles. The maximum atomic E-state index is 12.9. The normalized spacial score (nSPS) is 21.2. The first-order valence-corrected chi connectivity index (χ1v) is 12.6. The van der Waals surface area contributed by atoms with Crippen LogP contribution in [0.2, 0.25) is 0 Å². The summed E-state index contributed by atoms with van der Waals surface area (Å²) >= 11 is 0. The van der Waals surface area contributed by atoms with Gasteiger partial charge in [0.15, 0.2) is 0 Å². The third-order valence-electron chi connectivity index (χ3n) is 6.29. The van der Waals surface area contributed by atoms with Crippen LogP contribution in [0.5, 0.6) is 0 Å². The van der Waals surface area contributed by atoms with Crippen molar-refractivity contribution in [3.63, 3.8) is 0 Å². The molecule has 0 unspecified atom stereocenters. The van der Waals surface area contributed by atoms with Crippen molar-refractivity contribution in [3.8, 4) is 0 Å². The van der Waals surface area contributed by atoms with E-state index in [9.17, 15) is 18.0 Å². The van der Waals surface area contributed by atoms with Crippen molar-refractivity contribution >= 4 is 33.2 Å². The first-order valence-electron chi connectivity index (χ1n) is 11.1. The van der Waals surface area contributed by atoms with E-state index in [0.717, 1.165) is 37.9 Å². The molecule has 1 heterocycles. The van der Waals surface area contributed by atoms with Crippen molar-refractivity contribution in [2.75, 3.05) is 16.8 Å². The second kappa shape index (κ2) is 9.03. The van der Waals surface area contributed by atoms with Gasteiger partial charge in [0.05, 0.1) is 22.1 Å². The lowest BCUT2D eigenvalue weighted by Gasteiger charge is -2.29. The maximum absolute atomic E-state index is 12.9. The molecule has 1 fully saturated rings. The molecule has 2 aliphatic rings. The molecule has 0 radical (unpaired) electrons. The summed E-state index contributed by atoms with van der Waals surface area (Å²) in [5, 5.41) is 2.97. The minimum atomic E-state index is -3.24. The molecule has 1 saturated carbocycles. The first-order chi connectivity index (χ1) is 15.3. The van der Waals surface area contributed by atoms with Gasteiger partial charge in [-0.15, -0.1) is 0 Å². The molecule has 32 heavy (non-hydrogen) atoms. The smallest absolute Gasteiger partial charge is 0.266 e. The fourth-order valence-electron chi connectivity index (χ4n) is 4.28. The summed E-state index contributed by atoms with van der Waals surface area (Å²) in [6.45, 7) is 4.12. The van der Waals surface area contributed by atoms with E-state index in [1.54, 1.807) is 50.2 Å². The highest BCUT2D eigenvalue weighted by Gasteiger charge is 2.36. The number of amides is 2. The van der Waals surface area contributed by atoms with Gasteiger partial charge < -0.3 is 5.32 Å². The van der Waals surface area contributed by atoms with Gasteiger partial charge >= 0.3 is 0 Å². The van der Waals surface area contributed by atoms with Crippen molar-refractivity contribution in [1.29, 1.82) is 0 Å². The van der Waals surface area contributed by atoms with Crippen LogP contribution in [0.4, 0.5) is 11.4 Å². The third-order valence-corrected chi connectivity index (χ3v) is 8.20. The summed E-state index contributed by atoms with van der Waals surface area (Å²) in [6, 6.07) is 14.2. The standard InChI is InChI=1S/C24H29N3O4S/c1-16(2)32(30,31)26-18-10-8-17(9-11-18)15-25-19-12-13-21-22(14-19)24(29)27(23(21)28)20-6-4-3-5-7-20/h3-7,12-14,16-18,25-26H,8-11,15H2,1-2H3. The number of nitrogens with zero attached hydrogens (tertiary/aromatic N) is 1. The van der Waals surface area contributed by atoms with E-state index in [-0.39, 0.29) is 17.9 Å². The van der Waals surface area contributed by atoms with Crippen LogP contribution in [0, 0.1) is 5.92 Å². The number of sulfonamides is 1. The quantitative estimate of drug-likeness (QED) is 0.620. The van der Waals surface area contributed by atoms with Gasteiger partial charge in [-0.1, -0.05) is 18.2 Å². The van der Waals surface area contributed by atoms with Gasteiger partial charge in [-0.2, -0.15) is 0 Å². The number of fused-ring (bicyclic) bond motifs is 1. The lowest BCUT2D eigenvalue weighted by atomic mass is 9.86. The van der Waals surface area contributed by atoms with Crippen LogP contribution in [0.25, 0.3) is 0 Å². The molecule has 8 heteroatoms. The minimum Gasteiger partial charge on any atom is -0.385 e. The average Bonchev–Trinajstić information content (AvgIpc) is 3.03. The minimum absolute atomic E-state index is 0.00579. The van der Waals surface area contributed by atoms with E-state index >= 15 is 0 Å². The largest absolute Gasteiger partial charge is 0.385 e. The molecule has 2 amide bonds. The molecule has 0 atom stereocenters. The van der Waals surface area contributed by atoms with Crippen LogP contribution < -0.4 is 14.9 Å². The van der Waals surface area contributed by atoms with Crippen LogP contribution >= 0.6 is 0 Å². The number of benzene rings is 2. The van der Waals surface area contributed by atoms with Gasteiger partial charge in [0.1, 0.15) is 0 Å². The Labute approximate surface area is 189 Å². The number of para-hydroxylation sites is 1. The summed E-state index contributed by atoms with van der Waals surface area (Å²) in [6.07, 6.45) is 3.51. The first kappa shape index (κ1) is 22.5. The Morgan fingerprint density at radius 3 is 2.25 bits per heavy atom. The number of hydrogen-bond donors (Lipinski definition) is 2. The molecule has 2 aromatic rings. The summed E-state index contributed by atoms with van der Waals surface area (Å²) in [5.74, 6) is -0.177. The van der Waals surface area contributed by atoms with Gasteiger partial charge in [-0.05, 0) is 75.8 Å². The number of rotatable bonds is 7. The molecular formula is C24H29N3O4S. The number of carbonyl (C=O) groups excluding carboxylic acids is 2. The molecule has 1 aliphatic heterocycles. The SMILES string of the molecule is CC(C)S(=O)(=O)NC1CCC(CNc2ccc3c(c2)C(=O)N(c2ccccc2)C3=O)CC1. The number of imide groups is 1. The monoisotopic (exact) mass is 455 g/mol. The Hall–Kier alpha value is -2.71. The predicted octanol–water partition coefficient (Wildman–Crippen LogP) is 3.79. The van der Waals surface area contributed by atoms with E-state index in [1.807, 2.05) is 12.1 Å². The van der Waals surface area contributed by atoms with Crippen LogP contribution in [0.15, 0.2) is 48.5 Å². The zero-order valence-corrected chi connectivity index (χ0v) is 19.2.